The number of carbonyl (C=O) groups excluding carboxylic acids is 1. The van der Waals surface area contributed by atoms with Gasteiger partial charge in [0.1, 0.15) is 0 Å². The third kappa shape index (κ3) is 2.29. The van der Waals surface area contributed by atoms with Crippen LogP contribution in [0.15, 0.2) is 0 Å². The Bertz CT molecular complexity index is 303. The van der Waals surface area contributed by atoms with E-state index >= 15 is 0 Å². The fourth-order valence-corrected chi connectivity index (χ4v) is 3.70. The van der Waals surface area contributed by atoms with E-state index in [4.69, 9.17) is 0 Å². The van der Waals surface area contributed by atoms with E-state index in [1.54, 1.807) is 0 Å². The summed E-state index contributed by atoms with van der Waals surface area (Å²) in [6.07, 6.45) is 3.93. The standard InChI is InChI=1S/C15H27NO/c1-10(2)14(17)13-12-8-6-7-11(12)9-16(13)15(3,4)5/h10-13H,6-9H2,1-5H3/t11-,12-,13-/m0/s1. The summed E-state index contributed by atoms with van der Waals surface area (Å²) in [4.78, 5) is 15.0. The zero-order valence-electron chi connectivity index (χ0n) is 12.0. The number of hydrogen-bond donors (Lipinski definition) is 0. The molecule has 98 valence electrons. The maximum absolute atomic E-state index is 12.5. The molecular formula is C15H27NO. The third-order valence-corrected chi connectivity index (χ3v) is 4.61. The predicted molar refractivity (Wildman–Crippen MR) is 70.9 cm³/mol. The van der Waals surface area contributed by atoms with Crippen molar-refractivity contribution in [2.45, 2.75) is 65.5 Å². The van der Waals surface area contributed by atoms with Crippen LogP contribution in [-0.2, 0) is 4.79 Å². The Balaban J connectivity index is 2.25. The van der Waals surface area contributed by atoms with E-state index in [0.717, 1.165) is 12.5 Å². The first-order valence-electron chi connectivity index (χ1n) is 7.13. The average Bonchev–Trinajstić information content (AvgIpc) is 2.72. The molecular weight excluding hydrogens is 210 g/mol. The van der Waals surface area contributed by atoms with Crippen molar-refractivity contribution < 1.29 is 4.79 Å². The second kappa shape index (κ2) is 4.38. The van der Waals surface area contributed by atoms with Crippen LogP contribution in [0.4, 0.5) is 0 Å². The highest BCUT2D eigenvalue weighted by molar-refractivity contribution is 5.86. The van der Waals surface area contributed by atoms with Crippen molar-refractivity contribution in [2.24, 2.45) is 17.8 Å². The number of Topliss-reactive ketones (excluding diaryl/α,β-unsaturated/α-hetero) is 1. The first-order chi connectivity index (χ1) is 7.82. The highest BCUT2D eigenvalue weighted by Crippen LogP contribution is 2.45. The number of ketones is 1. The van der Waals surface area contributed by atoms with Gasteiger partial charge in [0.05, 0.1) is 6.04 Å². The second-order valence-electron chi connectivity index (χ2n) is 7.18. The minimum Gasteiger partial charge on any atom is -0.298 e. The number of likely N-dealkylation sites (tertiary alicyclic amines) is 1. The molecule has 2 aliphatic rings. The summed E-state index contributed by atoms with van der Waals surface area (Å²) in [5.74, 6) is 2.06. The molecule has 1 aliphatic carbocycles. The zero-order chi connectivity index (χ0) is 12.8. The van der Waals surface area contributed by atoms with Gasteiger partial charge in [-0.1, -0.05) is 20.3 Å². The molecule has 0 amide bonds. The number of hydrogen-bond acceptors (Lipinski definition) is 2. The van der Waals surface area contributed by atoms with E-state index in [1.165, 1.54) is 19.3 Å². The van der Waals surface area contributed by atoms with E-state index < -0.39 is 0 Å². The van der Waals surface area contributed by atoms with Crippen LogP contribution in [0.3, 0.4) is 0 Å². The molecule has 0 radical (unpaired) electrons. The Kier molecular flexibility index (Phi) is 3.37. The largest absolute Gasteiger partial charge is 0.298 e. The molecule has 0 bridgehead atoms. The van der Waals surface area contributed by atoms with Crippen LogP contribution < -0.4 is 0 Å². The quantitative estimate of drug-likeness (QED) is 0.735. The van der Waals surface area contributed by atoms with Crippen molar-refractivity contribution >= 4 is 5.78 Å². The summed E-state index contributed by atoms with van der Waals surface area (Å²) >= 11 is 0. The van der Waals surface area contributed by atoms with E-state index in [-0.39, 0.29) is 17.5 Å². The Morgan fingerprint density at radius 3 is 2.41 bits per heavy atom. The second-order valence-corrected chi connectivity index (χ2v) is 7.18. The van der Waals surface area contributed by atoms with Gasteiger partial charge >= 0.3 is 0 Å². The summed E-state index contributed by atoms with van der Waals surface area (Å²) < 4.78 is 0. The molecule has 0 spiro atoms. The molecule has 1 saturated carbocycles. The monoisotopic (exact) mass is 237 g/mol. The van der Waals surface area contributed by atoms with Gasteiger partial charge < -0.3 is 0 Å². The van der Waals surface area contributed by atoms with E-state index in [1.807, 2.05) is 13.8 Å². The molecule has 2 rings (SSSR count). The lowest BCUT2D eigenvalue weighted by Gasteiger charge is -2.38. The van der Waals surface area contributed by atoms with Gasteiger partial charge in [0, 0.05) is 18.0 Å². The fourth-order valence-electron chi connectivity index (χ4n) is 3.70. The summed E-state index contributed by atoms with van der Waals surface area (Å²) in [7, 11) is 0. The molecule has 2 nitrogen and oxygen atoms in total. The molecule has 3 atom stereocenters. The van der Waals surface area contributed by atoms with Gasteiger partial charge in [0.25, 0.3) is 0 Å². The lowest BCUT2D eigenvalue weighted by atomic mass is 9.87. The van der Waals surface area contributed by atoms with Crippen LogP contribution in [-0.4, -0.2) is 28.8 Å². The molecule has 0 aromatic rings. The zero-order valence-corrected chi connectivity index (χ0v) is 12.0. The minimum atomic E-state index is 0.125. The van der Waals surface area contributed by atoms with Crippen LogP contribution in [0.1, 0.15) is 53.9 Å². The highest BCUT2D eigenvalue weighted by atomic mass is 16.1. The van der Waals surface area contributed by atoms with E-state index in [0.29, 0.717) is 11.7 Å². The van der Waals surface area contributed by atoms with Crippen molar-refractivity contribution in [2.75, 3.05) is 6.54 Å². The Labute approximate surface area is 106 Å². The molecule has 17 heavy (non-hydrogen) atoms. The average molecular weight is 237 g/mol. The van der Waals surface area contributed by atoms with Gasteiger partial charge in [0.15, 0.2) is 5.78 Å². The van der Waals surface area contributed by atoms with Gasteiger partial charge in [-0.15, -0.1) is 0 Å². The molecule has 0 aromatic carbocycles. The highest BCUT2D eigenvalue weighted by Gasteiger charge is 2.50. The molecule has 1 saturated heterocycles. The maximum atomic E-state index is 12.5. The normalized spacial score (nSPS) is 34.4. The van der Waals surface area contributed by atoms with Crippen LogP contribution in [0.5, 0.6) is 0 Å². The van der Waals surface area contributed by atoms with Crippen LogP contribution in [0, 0.1) is 17.8 Å². The molecule has 2 heteroatoms. The van der Waals surface area contributed by atoms with Gasteiger partial charge in [-0.3, -0.25) is 9.69 Å². The number of nitrogens with zero attached hydrogens (tertiary/aromatic N) is 1. The first kappa shape index (κ1) is 13.1. The lowest BCUT2D eigenvalue weighted by molar-refractivity contribution is -0.129. The molecule has 0 aromatic heterocycles. The first-order valence-corrected chi connectivity index (χ1v) is 7.13. The van der Waals surface area contributed by atoms with E-state index in [2.05, 4.69) is 25.7 Å². The SMILES string of the molecule is CC(C)C(=O)[C@@H]1[C@H]2CCC[C@H]2CN1C(C)(C)C. The summed E-state index contributed by atoms with van der Waals surface area (Å²) in [6, 6.07) is 0.197. The molecule has 0 N–H and O–H groups in total. The van der Waals surface area contributed by atoms with Crippen LogP contribution in [0.2, 0.25) is 0 Å². The van der Waals surface area contributed by atoms with Crippen molar-refractivity contribution in [1.29, 1.82) is 0 Å². The van der Waals surface area contributed by atoms with E-state index in [9.17, 15) is 4.79 Å². The fraction of sp³-hybridized carbons (Fsp3) is 0.933. The smallest absolute Gasteiger partial charge is 0.152 e. The van der Waals surface area contributed by atoms with Gasteiger partial charge in [-0.05, 0) is 45.4 Å². The Morgan fingerprint density at radius 2 is 1.88 bits per heavy atom. The number of rotatable bonds is 2. The molecule has 1 aliphatic heterocycles. The van der Waals surface area contributed by atoms with Gasteiger partial charge in [-0.25, -0.2) is 0 Å². The topological polar surface area (TPSA) is 20.3 Å². The Hall–Kier alpha value is -0.370. The Morgan fingerprint density at radius 1 is 1.24 bits per heavy atom. The number of fused-ring (bicyclic) bond motifs is 1. The molecule has 1 heterocycles. The summed E-state index contributed by atoms with van der Waals surface area (Å²) in [5.41, 5.74) is 0.125. The maximum Gasteiger partial charge on any atom is 0.152 e. The van der Waals surface area contributed by atoms with Crippen molar-refractivity contribution in [3.8, 4) is 0 Å². The van der Waals surface area contributed by atoms with Crippen LogP contribution in [0.25, 0.3) is 0 Å². The predicted octanol–water partition coefficient (Wildman–Crippen LogP) is 3.11. The van der Waals surface area contributed by atoms with Crippen molar-refractivity contribution in [3.05, 3.63) is 0 Å². The minimum absolute atomic E-state index is 0.125. The van der Waals surface area contributed by atoms with Crippen molar-refractivity contribution in [1.82, 2.24) is 4.90 Å². The van der Waals surface area contributed by atoms with Crippen LogP contribution >= 0.6 is 0 Å². The number of carbonyl (C=O) groups is 1. The third-order valence-electron chi connectivity index (χ3n) is 4.61. The molecule has 2 fully saturated rings. The summed E-state index contributed by atoms with van der Waals surface area (Å²) in [6.45, 7) is 12.0. The molecule has 0 unspecified atom stereocenters. The van der Waals surface area contributed by atoms with Crippen molar-refractivity contribution in [3.63, 3.8) is 0 Å². The van der Waals surface area contributed by atoms with Gasteiger partial charge in [0.2, 0.25) is 0 Å². The lowest BCUT2D eigenvalue weighted by Crippen LogP contribution is -2.50. The van der Waals surface area contributed by atoms with Gasteiger partial charge in [-0.2, -0.15) is 0 Å². The summed E-state index contributed by atoms with van der Waals surface area (Å²) in [5, 5.41) is 0.